The van der Waals surface area contributed by atoms with Gasteiger partial charge in [0.05, 0.1) is 0 Å². The first-order valence-electron chi connectivity index (χ1n) is 8.13. The Morgan fingerprint density at radius 3 is 2.31 bits per heavy atom. The van der Waals surface area contributed by atoms with Crippen LogP contribution in [0.25, 0.3) is 0 Å². The van der Waals surface area contributed by atoms with E-state index in [4.69, 9.17) is 5.11 Å². The van der Waals surface area contributed by atoms with Crippen LogP contribution in [0.15, 0.2) is 12.1 Å². The van der Waals surface area contributed by atoms with Gasteiger partial charge in [-0.3, -0.25) is 14.4 Å². The highest BCUT2D eigenvalue weighted by atomic mass is 19.2. The molecule has 1 aliphatic heterocycles. The van der Waals surface area contributed by atoms with E-state index in [1.165, 1.54) is 16.7 Å². The normalized spacial score (nSPS) is 17.5. The molecule has 1 N–H and O–H groups in total. The highest BCUT2D eigenvalue weighted by molar-refractivity contribution is 5.94. The van der Waals surface area contributed by atoms with Crippen LogP contribution in [0, 0.1) is 17.5 Å². The van der Waals surface area contributed by atoms with Crippen molar-refractivity contribution in [1.82, 2.24) is 9.80 Å². The van der Waals surface area contributed by atoms with Crippen molar-refractivity contribution in [3.05, 3.63) is 35.1 Å². The SMILES string of the molecule is CC(=O)N(CC(=O)O)C1CCCN(C(=O)c2cc(F)c(F)c(F)c2)CC1. The molecule has 26 heavy (non-hydrogen) atoms. The molecule has 1 aromatic rings. The molecule has 1 saturated heterocycles. The third-order valence-electron chi connectivity index (χ3n) is 4.37. The van der Waals surface area contributed by atoms with Crippen molar-refractivity contribution in [3.8, 4) is 0 Å². The van der Waals surface area contributed by atoms with Crippen LogP contribution in [-0.4, -0.2) is 58.4 Å². The Morgan fingerprint density at radius 2 is 1.77 bits per heavy atom. The molecule has 0 spiro atoms. The van der Waals surface area contributed by atoms with E-state index in [0.29, 0.717) is 31.4 Å². The van der Waals surface area contributed by atoms with Gasteiger partial charge in [-0.25, -0.2) is 13.2 Å². The van der Waals surface area contributed by atoms with E-state index < -0.39 is 35.9 Å². The maximum absolute atomic E-state index is 13.3. The molecule has 6 nitrogen and oxygen atoms in total. The Labute approximate surface area is 148 Å². The Bertz CT molecular complexity index is 703. The number of hydrogen-bond acceptors (Lipinski definition) is 3. The molecule has 1 heterocycles. The van der Waals surface area contributed by atoms with Gasteiger partial charge in [0.2, 0.25) is 5.91 Å². The summed E-state index contributed by atoms with van der Waals surface area (Å²) in [4.78, 5) is 37.7. The van der Waals surface area contributed by atoms with Gasteiger partial charge in [-0.05, 0) is 31.4 Å². The number of benzene rings is 1. The molecule has 1 unspecified atom stereocenters. The van der Waals surface area contributed by atoms with Crippen LogP contribution in [0.1, 0.15) is 36.5 Å². The number of carboxylic acid groups (broad SMARTS) is 1. The highest BCUT2D eigenvalue weighted by Crippen LogP contribution is 2.20. The maximum Gasteiger partial charge on any atom is 0.323 e. The summed E-state index contributed by atoms with van der Waals surface area (Å²) in [5.41, 5.74) is -0.297. The van der Waals surface area contributed by atoms with E-state index in [9.17, 15) is 27.6 Å². The van der Waals surface area contributed by atoms with Gasteiger partial charge in [0.1, 0.15) is 6.54 Å². The Balaban J connectivity index is 2.11. The minimum atomic E-state index is -1.64. The molecular weight excluding hydrogens is 353 g/mol. The monoisotopic (exact) mass is 372 g/mol. The number of carbonyl (C=O) groups excluding carboxylic acids is 2. The van der Waals surface area contributed by atoms with Crippen molar-refractivity contribution in [1.29, 1.82) is 0 Å². The fourth-order valence-electron chi connectivity index (χ4n) is 3.10. The minimum absolute atomic E-state index is 0.188. The lowest BCUT2D eigenvalue weighted by Crippen LogP contribution is -2.43. The van der Waals surface area contributed by atoms with Crippen molar-refractivity contribution in [2.45, 2.75) is 32.2 Å². The second kappa shape index (κ2) is 8.20. The van der Waals surface area contributed by atoms with Gasteiger partial charge >= 0.3 is 5.97 Å². The summed E-state index contributed by atoms with van der Waals surface area (Å²) in [6, 6.07) is 0.952. The van der Waals surface area contributed by atoms with Crippen molar-refractivity contribution in [2.75, 3.05) is 19.6 Å². The number of halogens is 3. The first-order valence-corrected chi connectivity index (χ1v) is 8.13. The van der Waals surface area contributed by atoms with E-state index in [1.807, 2.05) is 0 Å². The summed E-state index contributed by atoms with van der Waals surface area (Å²) in [5.74, 6) is -6.66. The highest BCUT2D eigenvalue weighted by Gasteiger charge is 2.28. The first-order chi connectivity index (χ1) is 12.2. The van der Waals surface area contributed by atoms with Gasteiger partial charge in [-0.1, -0.05) is 0 Å². The van der Waals surface area contributed by atoms with Crippen LogP contribution in [0.3, 0.4) is 0 Å². The number of amides is 2. The number of nitrogens with zero attached hydrogens (tertiary/aromatic N) is 2. The Hall–Kier alpha value is -2.58. The fraction of sp³-hybridized carbons (Fsp3) is 0.471. The van der Waals surface area contributed by atoms with E-state index >= 15 is 0 Å². The van der Waals surface area contributed by atoms with E-state index in [-0.39, 0.29) is 30.6 Å². The molecular formula is C17H19F3N2O4. The lowest BCUT2D eigenvalue weighted by molar-refractivity contribution is -0.145. The minimum Gasteiger partial charge on any atom is -0.480 e. The van der Waals surface area contributed by atoms with E-state index in [1.54, 1.807) is 0 Å². The Kier molecular flexibility index (Phi) is 6.23. The van der Waals surface area contributed by atoms with Crippen LogP contribution >= 0.6 is 0 Å². The summed E-state index contributed by atoms with van der Waals surface area (Å²) in [7, 11) is 0. The summed E-state index contributed by atoms with van der Waals surface area (Å²) >= 11 is 0. The molecule has 2 amide bonds. The van der Waals surface area contributed by atoms with Crippen molar-refractivity contribution in [3.63, 3.8) is 0 Å². The number of likely N-dealkylation sites (tertiary alicyclic amines) is 1. The summed E-state index contributed by atoms with van der Waals surface area (Å²) in [6.45, 7) is 1.32. The van der Waals surface area contributed by atoms with Crippen LogP contribution in [-0.2, 0) is 9.59 Å². The summed E-state index contributed by atoms with van der Waals surface area (Å²) in [6.07, 6.45) is 1.33. The third-order valence-corrected chi connectivity index (χ3v) is 4.37. The Morgan fingerprint density at radius 1 is 1.15 bits per heavy atom. The van der Waals surface area contributed by atoms with Gasteiger partial charge in [-0.15, -0.1) is 0 Å². The third kappa shape index (κ3) is 4.53. The molecule has 1 fully saturated rings. The van der Waals surface area contributed by atoms with Crippen molar-refractivity contribution >= 4 is 17.8 Å². The average molecular weight is 372 g/mol. The fourth-order valence-corrected chi connectivity index (χ4v) is 3.10. The number of rotatable bonds is 4. The smallest absolute Gasteiger partial charge is 0.323 e. The predicted molar refractivity (Wildman–Crippen MR) is 84.9 cm³/mol. The molecule has 1 aromatic carbocycles. The molecule has 1 atom stereocenters. The molecule has 0 radical (unpaired) electrons. The van der Waals surface area contributed by atoms with Gasteiger partial charge in [0, 0.05) is 31.6 Å². The number of carbonyl (C=O) groups is 3. The lowest BCUT2D eigenvalue weighted by Gasteiger charge is -2.28. The molecule has 1 aliphatic rings. The zero-order valence-corrected chi connectivity index (χ0v) is 14.2. The van der Waals surface area contributed by atoms with Crippen molar-refractivity contribution < 1.29 is 32.7 Å². The molecule has 2 rings (SSSR count). The lowest BCUT2D eigenvalue weighted by atomic mass is 10.1. The number of aliphatic carboxylic acids is 1. The van der Waals surface area contributed by atoms with Gasteiger partial charge in [-0.2, -0.15) is 0 Å². The predicted octanol–water partition coefficient (Wildman–Crippen LogP) is 2.03. The zero-order chi connectivity index (χ0) is 19.4. The van der Waals surface area contributed by atoms with Gasteiger partial charge < -0.3 is 14.9 Å². The first kappa shape index (κ1) is 19.7. The topological polar surface area (TPSA) is 77.9 Å². The van der Waals surface area contributed by atoms with E-state index in [0.717, 1.165) is 0 Å². The summed E-state index contributed by atoms with van der Waals surface area (Å²) < 4.78 is 39.7. The standard InChI is InChI=1S/C17H19F3N2O4/c1-10(23)22(9-15(24)25)12-3-2-5-21(6-4-12)17(26)11-7-13(18)16(20)14(19)8-11/h7-8,12H,2-6,9H2,1H3,(H,24,25). The van der Waals surface area contributed by atoms with Crippen LogP contribution < -0.4 is 0 Å². The second-order valence-electron chi connectivity index (χ2n) is 6.17. The maximum atomic E-state index is 13.3. The molecule has 142 valence electrons. The molecule has 0 aliphatic carbocycles. The van der Waals surface area contributed by atoms with Crippen LogP contribution in [0.2, 0.25) is 0 Å². The average Bonchev–Trinajstić information content (AvgIpc) is 2.82. The number of hydrogen-bond donors (Lipinski definition) is 1. The van der Waals surface area contributed by atoms with Crippen LogP contribution in [0.5, 0.6) is 0 Å². The second-order valence-corrected chi connectivity index (χ2v) is 6.17. The largest absolute Gasteiger partial charge is 0.480 e. The summed E-state index contributed by atoms with van der Waals surface area (Å²) in [5, 5.41) is 8.94. The van der Waals surface area contributed by atoms with Crippen molar-refractivity contribution in [2.24, 2.45) is 0 Å². The molecule has 0 aromatic heterocycles. The molecule has 0 bridgehead atoms. The molecule has 9 heteroatoms. The zero-order valence-electron chi connectivity index (χ0n) is 14.2. The van der Waals surface area contributed by atoms with Gasteiger partial charge in [0.15, 0.2) is 17.5 Å². The number of carboxylic acids is 1. The molecule has 0 saturated carbocycles. The quantitative estimate of drug-likeness (QED) is 0.821. The van der Waals surface area contributed by atoms with Gasteiger partial charge in [0.25, 0.3) is 5.91 Å². The van der Waals surface area contributed by atoms with Crippen LogP contribution in [0.4, 0.5) is 13.2 Å². The van der Waals surface area contributed by atoms with E-state index in [2.05, 4.69) is 0 Å².